The molecule has 0 bridgehead atoms. The summed E-state index contributed by atoms with van der Waals surface area (Å²) in [7, 11) is 4.16. The first-order chi connectivity index (χ1) is 8.99. The third kappa shape index (κ3) is 3.30. The first-order valence-corrected chi connectivity index (χ1v) is 6.65. The van der Waals surface area contributed by atoms with Crippen molar-refractivity contribution in [1.82, 2.24) is 19.9 Å². The predicted octanol–water partition coefficient (Wildman–Crippen LogP) is -0.241. The molecule has 1 aromatic heterocycles. The topological polar surface area (TPSA) is 91.7 Å². The molecule has 1 saturated heterocycles. The largest absolute Gasteiger partial charge is 0.391 e. The van der Waals surface area contributed by atoms with Gasteiger partial charge in [-0.25, -0.2) is 0 Å². The Kier molecular flexibility index (Phi) is 4.51. The van der Waals surface area contributed by atoms with Gasteiger partial charge in [-0.1, -0.05) is 5.16 Å². The summed E-state index contributed by atoms with van der Waals surface area (Å²) in [5.74, 6) is 0.938. The summed E-state index contributed by atoms with van der Waals surface area (Å²) in [6.07, 6.45) is 0.421. The van der Waals surface area contributed by atoms with Gasteiger partial charge in [0, 0.05) is 6.54 Å². The van der Waals surface area contributed by atoms with Crippen molar-refractivity contribution in [2.45, 2.75) is 31.5 Å². The number of nitrogens with zero attached hydrogens (tertiary/aromatic N) is 4. The summed E-state index contributed by atoms with van der Waals surface area (Å²) in [6.45, 7) is 4.54. The number of aromatic nitrogens is 2. The number of hydrogen-bond donors (Lipinski definition) is 2. The van der Waals surface area contributed by atoms with Gasteiger partial charge in [0.15, 0.2) is 5.82 Å². The first kappa shape index (κ1) is 14.4. The molecular formula is C12H23N5O2. The number of hydrogen-bond acceptors (Lipinski definition) is 7. The Morgan fingerprint density at radius 2 is 2.16 bits per heavy atom. The summed E-state index contributed by atoms with van der Waals surface area (Å²) in [5, 5.41) is 13.5. The van der Waals surface area contributed by atoms with Gasteiger partial charge in [0.25, 0.3) is 0 Å². The average Bonchev–Trinajstić information content (AvgIpc) is 2.77. The normalized spacial score (nSPS) is 26.1. The predicted molar refractivity (Wildman–Crippen MR) is 70.4 cm³/mol. The fourth-order valence-electron chi connectivity index (χ4n) is 2.27. The van der Waals surface area contributed by atoms with Gasteiger partial charge >= 0.3 is 0 Å². The van der Waals surface area contributed by atoms with E-state index in [1.807, 2.05) is 0 Å². The Bertz CT molecular complexity index is 409. The van der Waals surface area contributed by atoms with E-state index in [0.29, 0.717) is 11.7 Å². The van der Waals surface area contributed by atoms with Gasteiger partial charge in [-0.15, -0.1) is 0 Å². The Morgan fingerprint density at radius 3 is 2.84 bits per heavy atom. The molecule has 1 fully saturated rings. The lowest BCUT2D eigenvalue weighted by Crippen LogP contribution is -2.31. The van der Waals surface area contributed by atoms with Gasteiger partial charge in [0.1, 0.15) is 6.04 Å². The van der Waals surface area contributed by atoms with Gasteiger partial charge in [-0.3, -0.25) is 4.90 Å². The number of nitrogens with two attached hydrogens (primary N) is 1. The van der Waals surface area contributed by atoms with Crippen molar-refractivity contribution in [3.05, 3.63) is 11.7 Å². The molecule has 3 unspecified atom stereocenters. The van der Waals surface area contributed by atoms with Gasteiger partial charge < -0.3 is 20.3 Å². The van der Waals surface area contributed by atoms with Crippen LogP contribution >= 0.6 is 0 Å². The molecule has 0 aromatic carbocycles. The molecule has 0 spiro atoms. The van der Waals surface area contributed by atoms with Crippen molar-refractivity contribution in [1.29, 1.82) is 0 Å². The molecule has 7 heteroatoms. The molecule has 3 N–H and O–H groups in total. The zero-order chi connectivity index (χ0) is 14.0. The molecule has 19 heavy (non-hydrogen) atoms. The lowest BCUT2D eigenvalue weighted by molar-refractivity contribution is 0.146. The van der Waals surface area contributed by atoms with Gasteiger partial charge in [0.05, 0.1) is 12.1 Å². The minimum Gasteiger partial charge on any atom is -0.391 e. The van der Waals surface area contributed by atoms with Crippen LogP contribution in [0.5, 0.6) is 0 Å². The summed E-state index contributed by atoms with van der Waals surface area (Å²) in [4.78, 5) is 8.84. The van der Waals surface area contributed by atoms with E-state index in [-0.39, 0.29) is 6.04 Å². The molecule has 0 amide bonds. The molecule has 0 radical (unpaired) electrons. The molecule has 2 heterocycles. The van der Waals surface area contributed by atoms with Crippen molar-refractivity contribution in [3.63, 3.8) is 0 Å². The van der Waals surface area contributed by atoms with Crippen LogP contribution in [0.3, 0.4) is 0 Å². The lowest BCUT2D eigenvalue weighted by Gasteiger charge is -2.24. The van der Waals surface area contributed by atoms with Crippen molar-refractivity contribution >= 4 is 0 Å². The van der Waals surface area contributed by atoms with E-state index in [4.69, 9.17) is 10.3 Å². The van der Waals surface area contributed by atoms with Crippen LogP contribution in [0.25, 0.3) is 0 Å². The second kappa shape index (κ2) is 5.96. The summed E-state index contributed by atoms with van der Waals surface area (Å²) < 4.78 is 5.17. The first-order valence-electron chi connectivity index (χ1n) is 6.65. The summed E-state index contributed by atoms with van der Waals surface area (Å²) >= 11 is 0. The molecule has 3 atom stereocenters. The number of aliphatic hydroxyl groups is 1. The quantitative estimate of drug-likeness (QED) is 0.782. The van der Waals surface area contributed by atoms with E-state index in [9.17, 15) is 5.11 Å². The molecular weight excluding hydrogens is 246 g/mol. The second-order valence-corrected chi connectivity index (χ2v) is 5.37. The smallest absolute Gasteiger partial charge is 0.246 e. The number of aliphatic hydroxyl groups excluding tert-OH is 1. The maximum Gasteiger partial charge on any atom is 0.246 e. The van der Waals surface area contributed by atoms with Crippen molar-refractivity contribution in [2.24, 2.45) is 5.73 Å². The minimum atomic E-state index is -0.706. The molecule has 0 aliphatic carbocycles. The van der Waals surface area contributed by atoms with E-state index in [2.05, 4.69) is 34.0 Å². The number of likely N-dealkylation sites (N-methyl/N-ethyl adjacent to an activating group) is 2. The third-order valence-electron chi connectivity index (χ3n) is 3.63. The fraction of sp³-hybridized carbons (Fsp3) is 0.833. The Morgan fingerprint density at radius 1 is 1.42 bits per heavy atom. The standard InChI is InChI=1S/C12H23N5O2/c1-8(18)10(13)12-14-11(15-19-12)9-7-16(2)5-4-6-17(9)3/h8-10,18H,4-7,13H2,1-3H3. The molecule has 7 nitrogen and oxygen atoms in total. The monoisotopic (exact) mass is 269 g/mol. The van der Waals surface area contributed by atoms with Crippen LogP contribution in [0.15, 0.2) is 4.52 Å². The van der Waals surface area contributed by atoms with E-state index in [0.717, 1.165) is 26.1 Å². The van der Waals surface area contributed by atoms with E-state index >= 15 is 0 Å². The van der Waals surface area contributed by atoms with Gasteiger partial charge in [-0.2, -0.15) is 4.98 Å². The van der Waals surface area contributed by atoms with Crippen LogP contribution in [-0.2, 0) is 0 Å². The van der Waals surface area contributed by atoms with Gasteiger partial charge in [-0.05, 0) is 40.5 Å². The summed E-state index contributed by atoms with van der Waals surface area (Å²) in [6, 6.07) is -0.527. The van der Waals surface area contributed by atoms with E-state index in [1.54, 1.807) is 6.92 Å². The SMILES string of the molecule is CC(O)C(N)c1nc(C2CN(C)CCCN2C)no1. The van der Waals surface area contributed by atoms with Crippen LogP contribution in [0.2, 0.25) is 0 Å². The second-order valence-electron chi connectivity index (χ2n) is 5.37. The average molecular weight is 269 g/mol. The highest BCUT2D eigenvalue weighted by atomic mass is 16.5. The van der Waals surface area contributed by atoms with Crippen LogP contribution < -0.4 is 5.73 Å². The van der Waals surface area contributed by atoms with Crippen LogP contribution in [-0.4, -0.2) is 64.9 Å². The Balaban J connectivity index is 2.16. The number of rotatable bonds is 3. The molecule has 2 rings (SSSR count). The van der Waals surface area contributed by atoms with Crippen LogP contribution in [0.1, 0.15) is 37.1 Å². The molecule has 0 saturated carbocycles. The van der Waals surface area contributed by atoms with Crippen molar-refractivity contribution in [3.8, 4) is 0 Å². The molecule has 1 aliphatic heterocycles. The maximum absolute atomic E-state index is 9.46. The molecule has 1 aromatic rings. The van der Waals surface area contributed by atoms with Crippen LogP contribution in [0, 0.1) is 0 Å². The highest BCUT2D eigenvalue weighted by molar-refractivity contribution is 5.00. The third-order valence-corrected chi connectivity index (χ3v) is 3.63. The van der Waals surface area contributed by atoms with Crippen LogP contribution in [0.4, 0.5) is 0 Å². The summed E-state index contributed by atoms with van der Waals surface area (Å²) in [5.41, 5.74) is 5.80. The van der Waals surface area contributed by atoms with Crippen molar-refractivity contribution < 1.29 is 9.63 Å². The zero-order valence-electron chi connectivity index (χ0n) is 11.8. The maximum atomic E-state index is 9.46. The highest BCUT2D eigenvalue weighted by Gasteiger charge is 2.28. The Hall–Kier alpha value is -1.02. The van der Waals surface area contributed by atoms with Crippen molar-refractivity contribution in [2.75, 3.05) is 33.7 Å². The molecule has 108 valence electrons. The fourth-order valence-corrected chi connectivity index (χ4v) is 2.27. The van der Waals surface area contributed by atoms with E-state index in [1.165, 1.54) is 0 Å². The zero-order valence-corrected chi connectivity index (χ0v) is 11.8. The Labute approximate surface area is 113 Å². The van der Waals surface area contributed by atoms with Gasteiger partial charge in [0.2, 0.25) is 5.89 Å². The minimum absolute atomic E-state index is 0.103. The van der Waals surface area contributed by atoms with E-state index < -0.39 is 12.1 Å². The lowest BCUT2D eigenvalue weighted by atomic mass is 10.2. The molecule has 1 aliphatic rings. The highest BCUT2D eigenvalue weighted by Crippen LogP contribution is 2.22.